The first-order chi connectivity index (χ1) is 5.74. The van der Waals surface area contributed by atoms with Crippen molar-refractivity contribution >= 4 is 23.5 Å². The Bertz CT molecular complexity index is 190. The molecule has 68 valence electrons. The van der Waals surface area contributed by atoms with Crippen LogP contribution < -0.4 is 5.32 Å². The van der Waals surface area contributed by atoms with Crippen molar-refractivity contribution in [2.24, 2.45) is 0 Å². The van der Waals surface area contributed by atoms with Crippen LogP contribution in [0.3, 0.4) is 0 Å². The molecule has 0 saturated carbocycles. The summed E-state index contributed by atoms with van der Waals surface area (Å²) in [5.41, 5.74) is 0. The van der Waals surface area contributed by atoms with E-state index in [1.54, 1.807) is 4.90 Å². The molecule has 1 aliphatic heterocycles. The number of hydrogen-bond acceptors (Lipinski definition) is 2. The molecule has 1 saturated heterocycles. The van der Waals surface area contributed by atoms with E-state index in [1.165, 1.54) is 0 Å². The average molecular weight is 191 g/mol. The molecular weight excluding hydrogens is 180 g/mol. The number of hydrogen-bond donors (Lipinski definition) is 1. The van der Waals surface area contributed by atoms with Gasteiger partial charge in [-0.25, -0.2) is 4.79 Å². The SMILES string of the molecule is O=C(CCl)NC(=O)N1CCCC1. The number of nitrogens with one attached hydrogen (secondary N) is 1. The maximum atomic E-state index is 11.1. The summed E-state index contributed by atoms with van der Waals surface area (Å²) in [5, 5.41) is 2.19. The molecule has 4 nitrogen and oxygen atoms in total. The Morgan fingerprint density at radius 2 is 1.92 bits per heavy atom. The molecule has 1 N–H and O–H groups in total. The van der Waals surface area contributed by atoms with Crippen LogP contribution in [-0.4, -0.2) is 35.8 Å². The van der Waals surface area contributed by atoms with Crippen LogP contribution >= 0.6 is 11.6 Å². The number of carbonyl (C=O) groups excluding carboxylic acids is 2. The van der Waals surface area contributed by atoms with Gasteiger partial charge in [0.2, 0.25) is 5.91 Å². The smallest absolute Gasteiger partial charge is 0.324 e. The summed E-state index contributed by atoms with van der Waals surface area (Å²) in [6, 6.07) is -0.321. The van der Waals surface area contributed by atoms with Crippen molar-refractivity contribution in [2.75, 3.05) is 19.0 Å². The fourth-order valence-corrected chi connectivity index (χ4v) is 1.22. The Labute approximate surface area is 75.9 Å². The summed E-state index contributed by atoms with van der Waals surface area (Å²) < 4.78 is 0. The van der Waals surface area contributed by atoms with E-state index in [4.69, 9.17) is 11.6 Å². The zero-order valence-electron chi connectivity index (χ0n) is 6.68. The van der Waals surface area contributed by atoms with E-state index in [-0.39, 0.29) is 11.9 Å². The van der Waals surface area contributed by atoms with Gasteiger partial charge in [-0.15, -0.1) is 11.6 Å². The highest BCUT2D eigenvalue weighted by atomic mass is 35.5. The van der Waals surface area contributed by atoms with Crippen LogP contribution in [0.25, 0.3) is 0 Å². The highest BCUT2D eigenvalue weighted by Gasteiger charge is 2.18. The monoisotopic (exact) mass is 190 g/mol. The molecule has 0 aromatic carbocycles. The number of likely N-dealkylation sites (tertiary alicyclic amines) is 1. The van der Waals surface area contributed by atoms with E-state index in [9.17, 15) is 9.59 Å². The van der Waals surface area contributed by atoms with Crippen molar-refractivity contribution in [3.05, 3.63) is 0 Å². The number of alkyl halides is 1. The maximum Gasteiger partial charge on any atom is 0.324 e. The predicted octanol–water partition coefficient (Wildman–Crippen LogP) is 0.557. The second kappa shape index (κ2) is 4.30. The van der Waals surface area contributed by atoms with Gasteiger partial charge < -0.3 is 4.90 Å². The lowest BCUT2D eigenvalue weighted by Crippen LogP contribution is -2.41. The van der Waals surface area contributed by atoms with Crippen LogP contribution in [0.1, 0.15) is 12.8 Å². The van der Waals surface area contributed by atoms with E-state index >= 15 is 0 Å². The van der Waals surface area contributed by atoms with Crippen LogP contribution in [0.5, 0.6) is 0 Å². The third-order valence-electron chi connectivity index (χ3n) is 1.76. The molecule has 0 aliphatic carbocycles. The number of carbonyl (C=O) groups is 2. The molecule has 12 heavy (non-hydrogen) atoms. The summed E-state index contributed by atoms with van der Waals surface area (Å²) in [5.74, 6) is -0.604. The predicted molar refractivity (Wildman–Crippen MR) is 45.1 cm³/mol. The first-order valence-corrected chi connectivity index (χ1v) is 4.42. The fourth-order valence-electron chi connectivity index (χ4n) is 1.15. The maximum absolute atomic E-state index is 11.1. The molecule has 3 amide bonds. The lowest BCUT2D eigenvalue weighted by atomic mass is 10.4. The van der Waals surface area contributed by atoms with Crippen LogP contribution in [0.4, 0.5) is 4.79 Å². The Balaban J connectivity index is 2.32. The van der Waals surface area contributed by atoms with Crippen molar-refractivity contribution in [1.29, 1.82) is 0 Å². The summed E-state index contributed by atoms with van der Waals surface area (Å²) in [6.45, 7) is 1.47. The molecule has 0 atom stereocenters. The number of imide groups is 1. The molecule has 0 radical (unpaired) electrons. The molecule has 0 spiro atoms. The minimum absolute atomic E-state index is 0.167. The van der Waals surface area contributed by atoms with Crippen LogP contribution in [0.15, 0.2) is 0 Å². The Morgan fingerprint density at radius 1 is 1.33 bits per heavy atom. The number of halogens is 1. The fraction of sp³-hybridized carbons (Fsp3) is 0.714. The summed E-state index contributed by atoms with van der Waals surface area (Å²) in [6.07, 6.45) is 2.03. The van der Waals surface area contributed by atoms with E-state index < -0.39 is 5.91 Å². The Kier molecular flexibility index (Phi) is 3.34. The van der Waals surface area contributed by atoms with Crippen molar-refractivity contribution in [3.8, 4) is 0 Å². The molecule has 1 aliphatic rings. The third-order valence-corrected chi connectivity index (χ3v) is 2.00. The van der Waals surface area contributed by atoms with Gasteiger partial charge in [0, 0.05) is 13.1 Å². The molecule has 1 rings (SSSR count). The molecule has 5 heteroatoms. The van der Waals surface area contributed by atoms with Gasteiger partial charge >= 0.3 is 6.03 Å². The number of rotatable bonds is 1. The van der Waals surface area contributed by atoms with Crippen molar-refractivity contribution in [1.82, 2.24) is 10.2 Å². The van der Waals surface area contributed by atoms with Crippen LogP contribution in [0.2, 0.25) is 0 Å². The van der Waals surface area contributed by atoms with Gasteiger partial charge in [0.05, 0.1) is 0 Å². The summed E-state index contributed by atoms with van der Waals surface area (Å²) in [7, 11) is 0. The van der Waals surface area contributed by atoms with Gasteiger partial charge in [0.15, 0.2) is 0 Å². The standard InChI is InChI=1S/C7H11ClN2O2/c8-5-6(11)9-7(12)10-3-1-2-4-10/h1-5H2,(H,9,11,12). The summed E-state index contributed by atoms with van der Waals surface area (Å²) >= 11 is 5.22. The van der Waals surface area contributed by atoms with Gasteiger partial charge in [0.25, 0.3) is 0 Å². The second-order valence-electron chi connectivity index (χ2n) is 2.68. The topological polar surface area (TPSA) is 49.4 Å². The van der Waals surface area contributed by atoms with Gasteiger partial charge in [-0.3, -0.25) is 10.1 Å². The van der Waals surface area contributed by atoms with Gasteiger partial charge in [-0.2, -0.15) is 0 Å². The first-order valence-electron chi connectivity index (χ1n) is 3.89. The van der Waals surface area contributed by atoms with Gasteiger partial charge in [-0.1, -0.05) is 0 Å². The molecule has 0 aromatic heterocycles. The van der Waals surface area contributed by atoms with Crippen molar-refractivity contribution in [2.45, 2.75) is 12.8 Å². The first kappa shape index (κ1) is 9.32. The summed E-state index contributed by atoms with van der Waals surface area (Å²) in [4.78, 5) is 23.5. The minimum Gasteiger partial charge on any atom is -0.324 e. The van der Waals surface area contributed by atoms with E-state index in [0.717, 1.165) is 25.9 Å². The second-order valence-corrected chi connectivity index (χ2v) is 2.95. The molecule has 0 bridgehead atoms. The molecule has 1 heterocycles. The lowest BCUT2D eigenvalue weighted by molar-refractivity contribution is -0.117. The number of amides is 3. The molecule has 1 fully saturated rings. The molecule has 0 unspecified atom stereocenters. The molecular formula is C7H11ClN2O2. The van der Waals surface area contributed by atoms with Crippen molar-refractivity contribution in [3.63, 3.8) is 0 Å². The Morgan fingerprint density at radius 3 is 2.42 bits per heavy atom. The Hall–Kier alpha value is -0.770. The largest absolute Gasteiger partial charge is 0.324 e. The third kappa shape index (κ3) is 2.37. The lowest BCUT2D eigenvalue weighted by Gasteiger charge is -2.14. The van der Waals surface area contributed by atoms with Crippen LogP contribution in [0, 0.1) is 0 Å². The highest BCUT2D eigenvalue weighted by Crippen LogP contribution is 2.06. The van der Waals surface area contributed by atoms with E-state index in [2.05, 4.69) is 5.32 Å². The van der Waals surface area contributed by atoms with Gasteiger partial charge in [-0.05, 0) is 12.8 Å². The quantitative estimate of drug-likeness (QED) is 0.615. The number of urea groups is 1. The minimum atomic E-state index is -0.437. The highest BCUT2D eigenvalue weighted by molar-refractivity contribution is 6.28. The van der Waals surface area contributed by atoms with Crippen LogP contribution in [-0.2, 0) is 4.79 Å². The average Bonchev–Trinajstić information content (AvgIpc) is 2.56. The van der Waals surface area contributed by atoms with E-state index in [0.29, 0.717) is 0 Å². The van der Waals surface area contributed by atoms with E-state index in [1.807, 2.05) is 0 Å². The number of nitrogens with zero attached hydrogens (tertiary/aromatic N) is 1. The normalized spacial score (nSPS) is 16.2. The van der Waals surface area contributed by atoms with Gasteiger partial charge in [0.1, 0.15) is 5.88 Å². The van der Waals surface area contributed by atoms with Crippen molar-refractivity contribution < 1.29 is 9.59 Å². The molecule has 0 aromatic rings. The zero-order valence-corrected chi connectivity index (χ0v) is 7.43. The zero-order chi connectivity index (χ0) is 8.97.